The number of aromatic nitrogens is 1. The molecule has 3 rings (SSSR count). The van der Waals surface area contributed by atoms with Gasteiger partial charge in [0.1, 0.15) is 11.5 Å². The molecule has 1 amide bonds. The maximum absolute atomic E-state index is 12.4. The summed E-state index contributed by atoms with van der Waals surface area (Å²) in [6.07, 6.45) is 1.34. The summed E-state index contributed by atoms with van der Waals surface area (Å²) in [6.45, 7) is 3.62. The van der Waals surface area contributed by atoms with E-state index in [1.165, 1.54) is 12.3 Å². The van der Waals surface area contributed by atoms with Crippen molar-refractivity contribution < 1.29 is 24.2 Å². The Morgan fingerprint density at radius 1 is 1.26 bits per heavy atom. The van der Waals surface area contributed by atoms with Crippen LogP contribution in [0, 0.1) is 6.92 Å². The molecule has 8 nitrogen and oxygen atoms in total. The zero-order valence-electron chi connectivity index (χ0n) is 17.3. The number of carbonyl (C=O) groups is 2. The number of nitrogens with zero attached hydrogens (tertiary/aromatic N) is 2. The summed E-state index contributed by atoms with van der Waals surface area (Å²) in [4.78, 5) is 24.4. The molecule has 0 atom stereocenters. The minimum atomic E-state index is -0.472. The van der Waals surface area contributed by atoms with Crippen LogP contribution < -0.4 is 10.2 Å². The fourth-order valence-electron chi connectivity index (χ4n) is 3.09. The van der Waals surface area contributed by atoms with E-state index in [1.54, 1.807) is 31.2 Å². The van der Waals surface area contributed by atoms with Crippen molar-refractivity contribution in [2.45, 2.75) is 13.8 Å². The maximum Gasteiger partial charge on any atom is 0.340 e. The van der Waals surface area contributed by atoms with Crippen molar-refractivity contribution in [3.05, 3.63) is 57.7 Å². The molecule has 0 fully saturated rings. The Balaban J connectivity index is 1.68. The molecule has 0 saturated carbocycles. The van der Waals surface area contributed by atoms with Gasteiger partial charge in [-0.1, -0.05) is 15.9 Å². The summed E-state index contributed by atoms with van der Waals surface area (Å²) in [6, 6.07) is 10.1. The number of phenols is 1. The molecule has 0 aliphatic heterocycles. The van der Waals surface area contributed by atoms with Gasteiger partial charge < -0.3 is 19.1 Å². The average molecular weight is 488 g/mol. The van der Waals surface area contributed by atoms with Gasteiger partial charge in [-0.25, -0.2) is 10.2 Å². The Morgan fingerprint density at radius 2 is 2.03 bits per heavy atom. The molecule has 31 heavy (non-hydrogen) atoms. The lowest BCUT2D eigenvalue weighted by Gasteiger charge is -2.06. The van der Waals surface area contributed by atoms with Crippen LogP contribution in [0.5, 0.6) is 11.5 Å². The van der Waals surface area contributed by atoms with Gasteiger partial charge in [0.05, 0.1) is 18.4 Å². The number of fused-ring (bicyclic) bond motifs is 1. The van der Waals surface area contributed by atoms with Crippen molar-refractivity contribution in [3.63, 3.8) is 0 Å². The number of rotatable bonds is 7. The number of carbonyl (C=O) groups excluding carboxylic acids is 2. The average Bonchev–Trinajstić information content (AvgIpc) is 2.99. The van der Waals surface area contributed by atoms with E-state index >= 15 is 0 Å². The Kier molecular flexibility index (Phi) is 6.96. The van der Waals surface area contributed by atoms with Crippen LogP contribution in [0.2, 0.25) is 0 Å². The number of amides is 1. The van der Waals surface area contributed by atoms with Crippen LogP contribution in [0.15, 0.2) is 46.0 Å². The molecular formula is C22H22BrN3O5. The van der Waals surface area contributed by atoms with E-state index in [1.807, 2.05) is 24.6 Å². The zero-order valence-corrected chi connectivity index (χ0v) is 18.9. The summed E-state index contributed by atoms with van der Waals surface area (Å²) < 4.78 is 13.4. The fraction of sp³-hybridized carbons (Fsp3) is 0.227. The number of aromatic hydroxyl groups is 1. The molecule has 0 bridgehead atoms. The molecule has 0 aliphatic carbocycles. The highest BCUT2D eigenvalue weighted by Gasteiger charge is 2.20. The van der Waals surface area contributed by atoms with E-state index < -0.39 is 11.9 Å². The van der Waals surface area contributed by atoms with Crippen molar-refractivity contribution in [1.82, 2.24) is 9.99 Å². The molecule has 0 aliphatic rings. The first-order valence-corrected chi connectivity index (χ1v) is 10.3. The van der Waals surface area contributed by atoms with Gasteiger partial charge in [0.2, 0.25) is 0 Å². The lowest BCUT2D eigenvalue weighted by atomic mass is 10.1. The van der Waals surface area contributed by atoms with Gasteiger partial charge in [0.25, 0.3) is 5.91 Å². The number of halogens is 1. The minimum absolute atomic E-state index is 0.0429. The number of hydrogen-bond donors (Lipinski definition) is 2. The second kappa shape index (κ2) is 9.65. The first-order chi connectivity index (χ1) is 14.8. The molecule has 2 aromatic carbocycles. The van der Waals surface area contributed by atoms with Crippen molar-refractivity contribution in [3.8, 4) is 11.5 Å². The highest BCUT2D eigenvalue weighted by atomic mass is 79.9. The van der Waals surface area contributed by atoms with Crippen molar-refractivity contribution in [1.29, 1.82) is 0 Å². The predicted octanol–water partition coefficient (Wildman–Crippen LogP) is 3.66. The third-order valence-electron chi connectivity index (χ3n) is 4.70. The third kappa shape index (κ3) is 5.05. The second-order valence-corrected chi connectivity index (χ2v) is 7.62. The van der Waals surface area contributed by atoms with Gasteiger partial charge >= 0.3 is 5.97 Å². The number of benzene rings is 2. The van der Waals surface area contributed by atoms with Crippen LogP contribution in [-0.4, -0.2) is 41.0 Å². The van der Waals surface area contributed by atoms with E-state index in [0.717, 1.165) is 15.7 Å². The second-order valence-electron chi connectivity index (χ2n) is 6.70. The molecule has 2 N–H and O–H groups in total. The van der Waals surface area contributed by atoms with Crippen LogP contribution in [0.4, 0.5) is 0 Å². The quantitative estimate of drug-likeness (QED) is 0.300. The first-order valence-electron chi connectivity index (χ1n) is 9.51. The van der Waals surface area contributed by atoms with E-state index in [0.29, 0.717) is 22.3 Å². The monoisotopic (exact) mass is 487 g/mol. The summed E-state index contributed by atoms with van der Waals surface area (Å²) in [5, 5.41) is 14.3. The standard InChI is InChI=1S/C22H22BrN3O5/c1-4-30-22(29)21-13(2)26(3)18-7-6-16(10-17(18)21)31-12-20(28)25-24-11-14-9-15(23)5-8-19(14)27/h5-11,27H,4,12H2,1-3H3,(H,25,28)/b24-11-. The van der Waals surface area contributed by atoms with Crippen LogP contribution in [0.3, 0.4) is 0 Å². The van der Waals surface area contributed by atoms with Gasteiger partial charge in [-0.2, -0.15) is 5.10 Å². The van der Waals surface area contributed by atoms with Gasteiger partial charge in [0, 0.05) is 33.7 Å². The molecule has 0 unspecified atom stereocenters. The number of hydrazone groups is 1. The molecule has 0 spiro atoms. The molecular weight excluding hydrogens is 466 g/mol. The lowest BCUT2D eigenvalue weighted by molar-refractivity contribution is -0.123. The summed E-state index contributed by atoms with van der Waals surface area (Å²) >= 11 is 3.30. The van der Waals surface area contributed by atoms with Gasteiger partial charge in [-0.3, -0.25) is 4.79 Å². The number of esters is 1. The SMILES string of the molecule is CCOC(=O)c1c(C)n(C)c2ccc(OCC(=O)N/N=C\c3cc(Br)ccc3O)cc12. The van der Waals surface area contributed by atoms with Crippen LogP contribution in [0.1, 0.15) is 28.5 Å². The van der Waals surface area contributed by atoms with E-state index in [2.05, 4.69) is 26.5 Å². The molecule has 1 heterocycles. The van der Waals surface area contributed by atoms with Crippen LogP contribution >= 0.6 is 15.9 Å². The predicted molar refractivity (Wildman–Crippen MR) is 121 cm³/mol. The fourth-order valence-corrected chi connectivity index (χ4v) is 3.46. The summed E-state index contributed by atoms with van der Waals surface area (Å²) in [5.74, 6) is -0.389. The number of ether oxygens (including phenoxy) is 2. The number of hydrogen-bond acceptors (Lipinski definition) is 6. The normalized spacial score (nSPS) is 11.1. The molecule has 3 aromatic rings. The Hall–Kier alpha value is -3.33. The van der Waals surface area contributed by atoms with E-state index in [-0.39, 0.29) is 19.0 Å². The Morgan fingerprint density at radius 3 is 2.77 bits per heavy atom. The minimum Gasteiger partial charge on any atom is -0.507 e. The van der Waals surface area contributed by atoms with Gasteiger partial charge in [-0.15, -0.1) is 0 Å². The third-order valence-corrected chi connectivity index (χ3v) is 5.19. The summed E-state index contributed by atoms with van der Waals surface area (Å²) in [5.41, 5.74) is 4.92. The van der Waals surface area contributed by atoms with Crippen molar-refractivity contribution in [2.75, 3.05) is 13.2 Å². The smallest absolute Gasteiger partial charge is 0.340 e. The topological polar surface area (TPSA) is 102 Å². The van der Waals surface area contributed by atoms with Crippen molar-refractivity contribution >= 4 is 44.9 Å². The maximum atomic E-state index is 12.4. The first kappa shape index (κ1) is 22.4. The molecule has 0 saturated heterocycles. The Bertz CT molecular complexity index is 1170. The molecule has 1 aromatic heterocycles. The van der Waals surface area contributed by atoms with E-state index in [9.17, 15) is 14.7 Å². The van der Waals surface area contributed by atoms with Crippen molar-refractivity contribution in [2.24, 2.45) is 12.1 Å². The largest absolute Gasteiger partial charge is 0.507 e. The zero-order chi connectivity index (χ0) is 22.5. The van der Waals surface area contributed by atoms with Crippen LogP contribution in [-0.2, 0) is 16.6 Å². The lowest BCUT2D eigenvalue weighted by Crippen LogP contribution is -2.24. The van der Waals surface area contributed by atoms with Gasteiger partial charge in [0.15, 0.2) is 6.61 Å². The number of aryl methyl sites for hydroxylation is 1. The number of phenolic OH excluding ortho intramolecular Hbond substituents is 1. The highest BCUT2D eigenvalue weighted by Crippen LogP contribution is 2.29. The summed E-state index contributed by atoms with van der Waals surface area (Å²) in [7, 11) is 1.87. The highest BCUT2D eigenvalue weighted by molar-refractivity contribution is 9.10. The Labute approximate surface area is 187 Å². The molecule has 9 heteroatoms. The number of nitrogens with one attached hydrogen (secondary N) is 1. The molecule has 0 radical (unpaired) electrons. The van der Waals surface area contributed by atoms with Gasteiger partial charge in [-0.05, 0) is 50.2 Å². The van der Waals surface area contributed by atoms with Crippen LogP contribution in [0.25, 0.3) is 10.9 Å². The van der Waals surface area contributed by atoms with E-state index in [4.69, 9.17) is 9.47 Å². The molecule has 162 valence electrons.